The average Bonchev–Trinajstić information content (AvgIpc) is 2.79. The molecular weight excluding hydrogens is 285 g/mol. The van der Waals surface area contributed by atoms with E-state index in [4.69, 9.17) is 0 Å². The first-order chi connectivity index (χ1) is 10.7. The van der Waals surface area contributed by atoms with Gasteiger partial charge in [-0.3, -0.25) is 0 Å². The number of anilines is 2. The van der Waals surface area contributed by atoms with E-state index in [1.165, 1.54) is 23.2 Å². The Labute approximate surface area is 126 Å². The van der Waals surface area contributed by atoms with Crippen molar-refractivity contribution in [1.82, 2.24) is 0 Å². The molecule has 0 radical (unpaired) electrons. The van der Waals surface area contributed by atoms with E-state index in [0.29, 0.717) is 17.8 Å². The van der Waals surface area contributed by atoms with Crippen LogP contribution in [0, 0.1) is 11.0 Å². The third kappa shape index (κ3) is 1.78. The van der Waals surface area contributed by atoms with Crippen LogP contribution in [0.25, 0.3) is 0 Å². The highest BCUT2D eigenvalue weighted by atomic mass is 19.1. The molecule has 2 aliphatic rings. The molecule has 2 heterocycles. The molecular formula is C16H14FN3O2. The van der Waals surface area contributed by atoms with Gasteiger partial charge in [-0.2, -0.15) is 10.3 Å². The minimum Gasteiger partial charge on any atom is -0.581 e. The summed E-state index contributed by atoms with van der Waals surface area (Å²) in [6.45, 7) is 0. The first kappa shape index (κ1) is 13.1. The van der Waals surface area contributed by atoms with Crippen molar-refractivity contribution in [3.05, 3.63) is 76.7 Å². The second kappa shape index (κ2) is 4.72. The fourth-order valence-electron chi connectivity index (χ4n) is 3.05. The molecule has 0 aromatic heterocycles. The number of nitrogens with zero attached hydrogens (tertiary/aromatic N) is 2. The second-order valence-electron chi connectivity index (χ2n) is 5.33. The van der Waals surface area contributed by atoms with Crippen LogP contribution in [0.2, 0.25) is 0 Å². The van der Waals surface area contributed by atoms with Crippen molar-refractivity contribution in [3.63, 3.8) is 0 Å². The number of para-hydroxylation sites is 1. The molecule has 1 atom stereocenters. The summed E-state index contributed by atoms with van der Waals surface area (Å²) < 4.78 is 13.4. The van der Waals surface area contributed by atoms with Crippen LogP contribution in [0.3, 0.4) is 0 Å². The molecule has 6 heteroatoms. The maximum Gasteiger partial charge on any atom is 0.267 e. The monoisotopic (exact) mass is 299 g/mol. The molecule has 0 spiro atoms. The molecule has 2 aliphatic heterocycles. The lowest BCUT2D eigenvalue weighted by Gasteiger charge is -2.36. The smallest absolute Gasteiger partial charge is 0.267 e. The minimum atomic E-state index is -0.451. The number of aliphatic hydroxyl groups is 1. The van der Waals surface area contributed by atoms with Crippen molar-refractivity contribution in [3.8, 4) is 0 Å². The van der Waals surface area contributed by atoms with E-state index in [2.05, 4.69) is 0 Å². The summed E-state index contributed by atoms with van der Waals surface area (Å²) in [4.78, 5) is 0. The molecule has 0 saturated heterocycles. The number of nitrogens with one attached hydrogen (secondary N) is 1. The Morgan fingerprint density at radius 1 is 1.05 bits per heavy atom. The first-order valence-corrected chi connectivity index (χ1v) is 7.06. The highest BCUT2D eigenvalue weighted by Gasteiger charge is 2.41. The van der Waals surface area contributed by atoms with E-state index in [1.54, 1.807) is 6.07 Å². The van der Waals surface area contributed by atoms with Crippen molar-refractivity contribution in [2.24, 2.45) is 0 Å². The lowest BCUT2D eigenvalue weighted by Crippen LogP contribution is -3.19. The Kier molecular flexibility index (Phi) is 2.82. The number of rotatable bonds is 1. The van der Waals surface area contributed by atoms with Gasteiger partial charge in [-0.25, -0.2) is 4.39 Å². The summed E-state index contributed by atoms with van der Waals surface area (Å²) in [7, 11) is 0. The summed E-state index contributed by atoms with van der Waals surface area (Å²) in [5.74, 6) is -0.571. The largest absolute Gasteiger partial charge is 0.581 e. The molecule has 0 aliphatic carbocycles. The predicted octanol–water partition coefficient (Wildman–Crippen LogP) is 2.04. The molecule has 112 valence electrons. The summed E-state index contributed by atoms with van der Waals surface area (Å²) in [6.07, 6.45) is 1.33. The number of aliphatic hydroxyl groups excluding tert-OH is 1. The zero-order valence-corrected chi connectivity index (χ0v) is 11.7. The Bertz CT molecular complexity index is 777. The fraction of sp³-hybridized carbons (Fsp3) is 0.125. The van der Waals surface area contributed by atoms with Crippen molar-refractivity contribution in [2.45, 2.75) is 12.8 Å². The van der Waals surface area contributed by atoms with Crippen molar-refractivity contribution in [2.75, 3.05) is 10.0 Å². The molecule has 0 bridgehead atoms. The van der Waals surface area contributed by atoms with Gasteiger partial charge in [-0.1, -0.05) is 24.3 Å². The van der Waals surface area contributed by atoms with Crippen LogP contribution in [-0.2, 0) is 6.42 Å². The number of aryl methyl sites for hydroxylation is 1. The molecule has 22 heavy (non-hydrogen) atoms. The van der Waals surface area contributed by atoms with E-state index < -0.39 is 5.82 Å². The number of benzene rings is 2. The molecule has 2 aromatic rings. The lowest BCUT2D eigenvalue weighted by molar-refractivity contribution is -0.854. The summed E-state index contributed by atoms with van der Waals surface area (Å²) in [5, 5.41) is 25.5. The zero-order chi connectivity index (χ0) is 15.3. The summed E-state index contributed by atoms with van der Waals surface area (Å²) >= 11 is 0. The van der Waals surface area contributed by atoms with Gasteiger partial charge in [-0.05, 0) is 30.2 Å². The number of halogens is 1. The molecule has 2 N–H and O–H groups in total. The number of quaternary nitrogens is 1. The number of hydrogen-bond donors (Lipinski definition) is 2. The fourth-order valence-corrected chi connectivity index (χ4v) is 3.05. The van der Waals surface area contributed by atoms with E-state index in [-0.39, 0.29) is 11.2 Å². The van der Waals surface area contributed by atoms with Crippen LogP contribution < -0.4 is 15.3 Å². The SMILES string of the molecule is [O-][NH+]1N(c2cccc(F)c2)C(O)=C2CCc3ccccc3N21. The highest BCUT2D eigenvalue weighted by Crippen LogP contribution is 2.35. The number of allylic oxidation sites excluding steroid dienone is 1. The van der Waals surface area contributed by atoms with E-state index in [1.807, 2.05) is 24.3 Å². The van der Waals surface area contributed by atoms with Crippen LogP contribution in [0.5, 0.6) is 0 Å². The maximum absolute atomic E-state index is 13.4. The lowest BCUT2D eigenvalue weighted by atomic mass is 10.0. The van der Waals surface area contributed by atoms with Crippen molar-refractivity contribution < 1.29 is 14.8 Å². The molecule has 0 saturated carbocycles. The molecule has 4 rings (SSSR count). The Hall–Kier alpha value is -2.57. The summed E-state index contributed by atoms with van der Waals surface area (Å²) in [5.41, 5.74) is 2.72. The maximum atomic E-state index is 13.4. The standard InChI is InChI=1S/C16H14FN3O2/c17-12-5-3-6-13(10-12)18-16(21)15-9-8-11-4-1-2-7-14(11)19(15)20(18)22/h1-7,10,20-21H,8-9H2. The topological polar surface area (TPSA) is 54.2 Å². The molecule has 0 fully saturated rings. The minimum absolute atomic E-state index is 0.120. The van der Waals surface area contributed by atoms with Crippen LogP contribution in [-0.4, -0.2) is 5.11 Å². The van der Waals surface area contributed by atoms with Gasteiger partial charge in [0.15, 0.2) is 0 Å². The van der Waals surface area contributed by atoms with Crippen molar-refractivity contribution >= 4 is 11.4 Å². The molecule has 1 unspecified atom stereocenters. The van der Waals surface area contributed by atoms with Gasteiger partial charge >= 0.3 is 0 Å². The predicted molar refractivity (Wildman–Crippen MR) is 80.1 cm³/mol. The van der Waals surface area contributed by atoms with E-state index in [0.717, 1.165) is 22.7 Å². The first-order valence-electron chi connectivity index (χ1n) is 7.06. The molecule has 0 amide bonds. The van der Waals surface area contributed by atoms with Gasteiger partial charge in [0, 0.05) is 12.5 Å². The summed E-state index contributed by atoms with van der Waals surface area (Å²) in [6, 6.07) is 13.3. The number of fused-ring (bicyclic) bond motifs is 3. The average molecular weight is 299 g/mol. The van der Waals surface area contributed by atoms with Crippen LogP contribution in [0.1, 0.15) is 12.0 Å². The third-order valence-corrected chi connectivity index (χ3v) is 4.05. The second-order valence-corrected chi connectivity index (χ2v) is 5.33. The van der Waals surface area contributed by atoms with Gasteiger partial charge in [0.2, 0.25) is 0 Å². The zero-order valence-electron chi connectivity index (χ0n) is 11.7. The van der Waals surface area contributed by atoms with E-state index in [9.17, 15) is 14.7 Å². The normalized spacial score (nSPS) is 20.2. The van der Waals surface area contributed by atoms with Crippen LogP contribution in [0.4, 0.5) is 15.8 Å². The number of hydrogen-bond acceptors (Lipinski definition) is 4. The van der Waals surface area contributed by atoms with Gasteiger partial charge < -0.3 is 10.3 Å². The Morgan fingerprint density at radius 2 is 1.86 bits per heavy atom. The van der Waals surface area contributed by atoms with Crippen LogP contribution in [0.15, 0.2) is 60.1 Å². The van der Waals surface area contributed by atoms with Crippen molar-refractivity contribution in [1.29, 1.82) is 0 Å². The van der Waals surface area contributed by atoms with Gasteiger partial charge in [-0.15, -0.1) is 5.01 Å². The van der Waals surface area contributed by atoms with Gasteiger partial charge in [0.25, 0.3) is 5.88 Å². The Morgan fingerprint density at radius 3 is 2.68 bits per heavy atom. The highest BCUT2D eigenvalue weighted by molar-refractivity contribution is 5.62. The van der Waals surface area contributed by atoms with Gasteiger partial charge in [0.05, 0.1) is 0 Å². The van der Waals surface area contributed by atoms with Crippen LogP contribution >= 0.6 is 0 Å². The quantitative estimate of drug-likeness (QED) is 0.791. The van der Waals surface area contributed by atoms with Gasteiger partial charge in [0.1, 0.15) is 22.9 Å². The Balaban J connectivity index is 1.82. The molecule has 5 nitrogen and oxygen atoms in total. The third-order valence-electron chi connectivity index (χ3n) is 4.05. The molecule has 2 aromatic carbocycles. The van der Waals surface area contributed by atoms with E-state index >= 15 is 0 Å².